The molecule has 0 radical (unpaired) electrons. The fourth-order valence-corrected chi connectivity index (χ4v) is 3.57. The van der Waals surface area contributed by atoms with Gasteiger partial charge in [-0.15, -0.1) is 0 Å². The first-order chi connectivity index (χ1) is 10.1. The summed E-state index contributed by atoms with van der Waals surface area (Å²) in [6.45, 7) is 0. The molecule has 21 heavy (non-hydrogen) atoms. The van der Waals surface area contributed by atoms with Crippen molar-refractivity contribution in [1.82, 2.24) is 14.3 Å². The molecule has 1 aromatic carbocycles. The number of hydrogen-bond donors (Lipinski definition) is 1. The van der Waals surface area contributed by atoms with E-state index in [1.807, 2.05) is 24.3 Å². The highest BCUT2D eigenvalue weighted by Gasteiger charge is 2.14. The molecule has 0 aliphatic rings. The predicted octanol–water partition coefficient (Wildman–Crippen LogP) is 2.98. The number of thioether (sulfide) groups is 1. The lowest BCUT2D eigenvalue weighted by Crippen LogP contribution is -2.13. The first-order valence-electron chi connectivity index (χ1n) is 5.92. The summed E-state index contributed by atoms with van der Waals surface area (Å²) in [7, 11) is 0. The zero-order valence-electron chi connectivity index (χ0n) is 10.6. The van der Waals surface area contributed by atoms with Crippen LogP contribution in [0.25, 0.3) is 21.5 Å². The van der Waals surface area contributed by atoms with E-state index in [9.17, 15) is 4.79 Å². The molecule has 0 unspecified atom stereocenters. The summed E-state index contributed by atoms with van der Waals surface area (Å²) in [5.74, 6) is -0.200. The van der Waals surface area contributed by atoms with E-state index < -0.39 is 0 Å². The van der Waals surface area contributed by atoms with E-state index in [1.165, 1.54) is 29.6 Å². The van der Waals surface area contributed by atoms with E-state index in [4.69, 9.17) is 17.3 Å². The van der Waals surface area contributed by atoms with Crippen LogP contribution in [0, 0.1) is 0 Å². The zero-order valence-corrected chi connectivity index (χ0v) is 13.0. The van der Waals surface area contributed by atoms with Crippen molar-refractivity contribution < 1.29 is 4.79 Å². The number of hydrogen-bond acceptors (Lipinski definition) is 6. The molecule has 2 N–H and O–H groups in total. The second-order valence-corrected chi connectivity index (χ2v) is 6.32. The molecule has 0 aliphatic heterocycles. The molecule has 3 rings (SSSR count). The van der Waals surface area contributed by atoms with Crippen LogP contribution in [0.15, 0.2) is 35.6 Å². The standard InChI is InChI=1S/C13H9ClN4OS2/c14-8-3-1-7(2-4-8)10-11-12(21-18-10)13(17-6-16-11)20-5-9(15)19/h1-4,6H,5H2,(H2,15,19). The van der Waals surface area contributed by atoms with E-state index in [2.05, 4.69) is 14.3 Å². The number of carbonyl (C=O) groups is 1. The van der Waals surface area contributed by atoms with Gasteiger partial charge in [0.2, 0.25) is 5.91 Å². The second-order valence-electron chi connectivity index (χ2n) is 4.15. The highest BCUT2D eigenvalue weighted by molar-refractivity contribution is 8.00. The summed E-state index contributed by atoms with van der Waals surface area (Å²) >= 11 is 8.50. The Morgan fingerprint density at radius 3 is 2.76 bits per heavy atom. The van der Waals surface area contributed by atoms with Gasteiger partial charge >= 0.3 is 0 Å². The van der Waals surface area contributed by atoms with Gasteiger partial charge in [0.05, 0.1) is 5.75 Å². The molecule has 0 saturated carbocycles. The van der Waals surface area contributed by atoms with E-state index in [0.717, 1.165) is 26.5 Å². The topological polar surface area (TPSA) is 81.8 Å². The SMILES string of the molecule is NC(=O)CSc1ncnc2c(-c3ccc(Cl)cc3)nsc12. The minimum atomic E-state index is -0.380. The Bertz CT molecular complexity index is 804. The van der Waals surface area contributed by atoms with Crippen LogP contribution in [0.1, 0.15) is 0 Å². The molecule has 1 amide bonds. The van der Waals surface area contributed by atoms with Crippen LogP contribution >= 0.6 is 34.9 Å². The van der Waals surface area contributed by atoms with Crippen LogP contribution in [-0.4, -0.2) is 26.0 Å². The smallest absolute Gasteiger partial charge is 0.227 e. The number of carbonyl (C=O) groups excluding carboxylic acids is 1. The fraction of sp³-hybridized carbons (Fsp3) is 0.0769. The molecule has 0 atom stereocenters. The van der Waals surface area contributed by atoms with E-state index in [-0.39, 0.29) is 11.7 Å². The minimum absolute atomic E-state index is 0.181. The van der Waals surface area contributed by atoms with Gasteiger partial charge < -0.3 is 5.73 Å². The van der Waals surface area contributed by atoms with E-state index >= 15 is 0 Å². The number of primary amides is 1. The molecule has 8 heteroatoms. The largest absolute Gasteiger partial charge is 0.369 e. The van der Waals surface area contributed by atoms with Crippen molar-refractivity contribution in [2.75, 3.05) is 5.75 Å². The van der Waals surface area contributed by atoms with Gasteiger partial charge in [-0.1, -0.05) is 35.5 Å². The summed E-state index contributed by atoms with van der Waals surface area (Å²) < 4.78 is 5.30. The maximum atomic E-state index is 10.9. The number of fused-ring (bicyclic) bond motifs is 1. The maximum absolute atomic E-state index is 10.9. The third-order valence-electron chi connectivity index (χ3n) is 2.69. The van der Waals surface area contributed by atoms with Gasteiger partial charge in [-0.05, 0) is 23.7 Å². The van der Waals surface area contributed by atoms with Gasteiger partial charge in [0, 0.05) is 10.6 Å². The highest BCUT2D eigenvalue weighted by atomic mass is 35.5. The molecule has 0 saturated heterocycles. The third-order valence-corrected chi connectivity index (χ3v) is 4.93. The van der Waals surface area contributed by atoms with Crippen molar-refractivity contribution in [2.45, 2.75) is 5.03 Å². The lowest BCUT2D eigenvalue weighted by atomic mass is 10.1. The number of rotatable bonds is 4. The molecule has 2 aromatic heterocycles. The molecule has 0 bridgehead atoms. The van der Waals surface area contributed by atoms with Crippen LogP contribution < -0.4 is 5.73 Å². The van der Waals surface area contributed by atoms with Crippen molar-refractivity contribution >= 4 is 51.0 Å². The number of nitrogens with zero attached hydrogens (tertiary/aromatic N) is 3. The molecular formula is C13H9ClN4OS2. The van der Waals surface area contributed by atoms with Crippen LogP contribution in [0.5, 0.6) is 0 Å². The molecular weight excluding hydrogens is 328 g/mol. The third kappa shape index (κ3) is 2.99. The van der Waals surface area contributed by atoms with Crippen LogP contribution in [0.2, 0.25) is 5.02 Å². The second kappa shape index (κ2) is 5.97. The fourth-order valence-electron chi connectivity index (χ4n) is 1.78. The van der Waals surface area contributed by atoms with Gasteiger partial charge in [0.1, 0.15) is 27.3 Å². The van der Waals surface area contributed by atoms with E-state index in [1.54, 1.807) is 0 Å². The average Bonchev–Trinajstić information content (AvgIpc) is 2.90. The summed E-state index contributed by atoms with van der Waals surface area (Å²) in [4.78, 5) is 19.4. The summed E-state index contributed by atoms with van der Waals surface area (Å²) in [5.41, 5.74) is 7.66. The first-order valence-corrected chi connectivity index (χ1v) is 8.06. The quantitative estimate of drug-likeness (QED) is 0.585. The lowest BCUT2D eigenvalue weighted by molar-refractivity contribution is -0.115. The molecule has 3 aromatic rings. The number of aromatic nitrogens is 3. The molecule has 2 heterocycles. The van der Waals surface area contributed by atoms with Crippen molar-refractivity contribution in [3.63, 3.8) is 0 Å². The van der Waals surface area contributed by atoms with Crippen molar-refractivity contribution in [3.8, 4) is 11.3 Å². The number of nitrogens with two attached hydrogens (primary N) is 1. The van der Waals surface area contributed by atoms with Crippen LogP contribution in [0.4, 0.5) is 0 Å². The van der Waals surface area contributed by atoms with Crippen molar-refractivity contribution in [1.29, 1.82) is 0 Å². The number of amides is 1. The van der Waals surface area contributed by atoms with Gasteiger partial charge in [-0.25, -0.2) is 9.97 Å². The average molecular weight is 337 g/mol. The molecule has 106 valence electrons. The van der Waals surface area contributed by atoms with Crippen molar-refractivity contribution in [3.05, 3.63) is 35.6 Å². The Labute approximate surface area is 133 Å². The normalized spacial score (nSPS) is 10.9. The Morgan fingerprint density at radius 2 is 2.05 bits per heavy atom. The molecule has 0 spiro atoms. The van der Waals surface area contributed by atoms with Crippen LogP contribution in [0.3, 0.4) is 0 Å². The number of halogens is 1. The monoisotopic (exact) mass is 336 g/mol. The Kier molecular flexibility index (Phi) is 4.05. The first kappa shape index (κ1) is 14.2. The zero-order chi connectivity index (χ0) is 14.8. The lowest BCUT2D eigenvalue weighted by Gasteiger charge is -2.00. The Hall–Kier alpha value is -1.70. The van der Waals surface area contributed by atoms with Gasteiger partial charge in [-0.3, -0.25) is 4.79 Å². The summed E-state index contributed by atoms with van der Waals surface area (Å²) in [5, 5.41) is 1.39. The molecule has 0 fully saturated rings. The van der Waals surface area contributed by atoms with Crippen molar-refractivity contribution in [2.24, 2.45) is 5.73 Å². The number of benzene rings is 1. The molecule has 5 nitrogen and oxygen atoms in total. The van der Waals surface area contributed by atoms with E-state index in [0.29, 0.717) is 5.02 Å². The summed E-state index contributed by atoms with van der Waals surface area (Å²) in [6.07, 6.45) is 1.47. The van der Waals surface area contributed by atoms with Gasteiger partial charge in [0.25, 0.3) is 0 Å². The van der Waals surface area contributed by atoms with Gasteiger partial charge in [0.15, 0.2) is 0 Å². The highest BCUT2D eigenvalue weighted by Crippen LogP contribution is 2.34. The Morgan fingerprint density at radius 1 is 1.29 bits per heavy atom. The van der Waals surface area contributed by atoms with Gasteiger partial charge in [-0.2, -0.15) is 4.37 Å². The maximum Gasteiger partial charge on any atom is 0.227 e. The predicted molar refractivity (Wildman–Crippen MR) is 85.6 cm³/mol. The summed E-state index contributed by atoms with van der Waals surface area (Å²) in [6, 6.07) is 7.42. The van der Waals surface area contributed by atoms with Crippen LogP contribution in [-0.2, 0) is 4.79 Å². The molecule has 0 aliphatic carbocycles. The Balaban J connectivity index is 2.04. The minimum Gasteiger partial charge on any atom is -0.369 e.